The van der Waals surface area contributed by atoms with Crippen LogP contribution < -0.4 is 10.1 Å². The summed E-state index contributed by atoms with van der Waals surface area (Å²) in [5.41, 5.74) is 2.43. The summed E-state index contributed by atoms with van der Waals surface area (Å²) in [6, 6.07) is 7.26. The average molecular weight is 526 g/mol. The lowest BCUT2D eigenvalue weighted by atomic mass is 10.1. The second-order valence-electron chi connectivity index (χ2n) is 5.53. The molecule has 0 spiro atoms. The van der Waals surface area contributed by atoms with Gasteiger partial charge in [-0.15, -0.1) is 0 Å². The molecule has 0 bridgehead atoms. The molecule has 0 aliphatic carbocycles. The Kier molecular flexibility index (Phi) is 8.07. The summed E-state index contributed by atoms with van der Waals surface area (Å²) in [5, 5.41) is 13.1. The van der Waals surface area contributed by atoms with Crippen molar-refractivity contribution in [1.82, 2.24) is 0 Å². The van der Waals surface area contributed by atoms with Gasteiger partial charge in [0.05, 0.1) is 19.7 Å². The van der Waals surface area contributed by atoms with Crippen molar-refractivity contribution in [3.63, 3.8) is 0 Å². The van der Waals surface area contributed by atoms with Gasteiger partial charge in [0.25, 0.3) is 0 Å². The van der Waals surface area contributed by atoms with Gasteiger partial charge in [0, 0.05) is 23.6 Å². The predicted molar refractivity (Wildman–Crippen MR) is 113 cm³/mol. The molecule has 0 saturated heterocycles. The normalized spacial score (nSPS) is 10.7. The molecule has 0 aromatic heterocycles. The van der Waals surface area contributed by atoms with E-state index >= 15 is 0 Å². The largest absolute Gasteiger partial charge is 0.486 e. The Balaban J connectivity index is 2.18. The van der Waals surface area contributed by atoms with E-state index in [9.17, 15) is 4.79 Å². The van der Waals surface area contributed by atoms with E-state index in [0.717, 1.165) is 32.3 Å². The lowest BCUT2D eigenvalue weighted by Crippen LogP contribution is -2.03. The van der Waals surface area contributed by atoms with Crippen LogP contribution in [0.3, 0.4) is 0 Å². The molecule has 26 heavy (non-hydrogen) atoms. The van der Waals surface area contributed by atoms with Gasteiger partial charge in [0.15, 0.2) is 0 Å². The molecule has 2 aromatic rings. The number of anilines is 1. The molecule has 0 heterocycles. The van der Waals surface area contributed by atoms with Crippen LogP contribution in [-0.4, -0.2) is 17.6 Å². The minimum absolute atomic E-state index is 0.0738. The Bertz CT molecular complexity index is 792. The Morgan fingerprint density at radius 1 is 1.19 bits per heavy atom. The molecule has 0 unspecified atom stereocenters. The Morgan fingerprint density at radius 2 is 1.85 bits per heavy atom. The highest BCUT2D eigenvalue weighted by Gasteiger charge is 2.13. The molecule has 0 aliphatic rings. The number of halogens is 4. The number of ether oxygens (including phenoxy) is 1. The third-order valence-electron chi connectivity index (χ3n) is 3.54. The standard InChI is InChI=1S/C18H17Br2Cl2NO3/c1-2-23-15-8-12(21)7-11(17(15)22)9-26-18-13(19)5-10(6-14(18)20)3-4-16(24)25/h5-8,23H,2-4,9H2,1H3,(H,24,25). The van der Waals surface area contributed by atoms with E-state index in [4.69, 9.17) is 33.0 Å². The van der Waals surface area contributed by atoms with Crippen LogP contribution in [0, 0.1) is 0 Å². The first-order valence-corrected chi connectivity index (χ1v) is 10.2. The van der Waals surface area contributed by atoms with Gasteiger partial charge in [-0.2, -0.15) is 0 Å². The lowest BCUT2D eigenvalue weighted by molar-refractivity contribution is -0.136. The number of aryl methyl sites for hydroxylation is 1. The molecule has 0 aliphatic heterocycles. The first-order chi connectivity index (χ1) is 12.3. The fourth-order valence-electron chi connectivity index (χ4n) is 2.37. The van der Waals surface area contributed by atoms with Crippen molar-refractivity contribution in [1.29, 1.82) is 0 Å². The fourth-order valence-corrected chi connectivity index (χ4v) is 4.35. The number of carbonyl (C=O) groups is 1. The molecule has 8 heteroatoms. The van der Waals surface area contributed by atoms with E-state index < -0.39 is 5.97 Å². The molecule has 0 saturated carbocycles. The third kappa shape index (κ3) is 5.78. The van der Waals surface area contributed by atoms with Crippen LogP contribution in [0.5, 0.6) is 5.75 Å². The van der Waals surface area contributed by atoms with Gasteiger partial charge in [0.1, 0.15) is 12.4 Å². The highest BCUT2D eigenvalue weighted by molar-refractivity contribution is 9.11. The molecule has 2 aromatic carbocycles. The van der Waals surface area contributed by atoms with Gasteiger partial charge < -0.3 is 15.2 Å². The van der Waals surface area contributed by atoms with E-state index in [1.54, 1.807) is 12.1 Å². The number of rotatable bonds is 8. The van der Waals surface area contributed by atoms with Crippen LogP contribution in [0.4, 0.5) is 5.69 Å². The van der Waals surface area contributed by atoms with Gasteiger partial charge >= 0.3 is 5.97 Å². The van der Waals surface area contributed by atoms with Crippen LogP contribution in [0.15, 0.2) is 33.2 Å². The number of benzene rings is 2. The maximum Gasteiger partial charge on any atom is 0.303 e. The SMILES string of the molecule is CCNc1cc(Cl)cc(COc2c(Br)cc(CCC(=O)O)cc2Br)c1Cl. The third-order valence-corrected chi connectivity index (χ3v) is 5.38. The highest BCUT2D eigenvalue weighted by atomic mass is 79.9. The maximum atomic E-state index is 10.7. The summed E-state index contributed by atoms with van der Waals surface area (Å²) < 4.78 is 7.39. The van der Waals surface area contributed by atoms with Gasteiger partial charge in [-0.05, 0) is 75.0 Å². The summed E-state index contributed by atoms with van der Waals surface area (Å²) in [6.45, 7) is 2.95. The number of carboxylic acids is 1. The van der Waals surface area contributed by atoms with Crippen molar-refractivity contribution in [3.8, 4) is 5.75 Å². The van der Waals surface area contributed by atoms with Crippen LogP contribution >= 0.6 is 55.1 Å². The smallest absolute Gasteiger partial charge is 0.303 e. The zero-order valence-corrected chi connectivity index (χ0v) is 18.6. The Labute approximate surface area is 179 Å². The number of nitrogens with one attached hydrogen (secondary N) is 1. The number of aliphatic carboxylic acids is 1. The van der Waals surface area contributed by atoms with E-state index in [1.165, 1.54) is 0 Å². The van der Waals surface area contributed by atoms with Crippen molar-refractivity contribution in [2.45, 2.75) is 26.4 Å². The molecule has 2 N–H and O–H groups in total. The van der Waals surface area contributed by atoms with Gasteiger partial charge in [0.2, 0.25) is 0 Å². The summed E-state index contributed by atoms with van der Waals surface area (Å²) >= 11 is 19.5. The molecule has 0 fully saturated rings. The van der Waals surface area contributed by atoms with Gasteiger partial charge in [-0.25, -0.2) is 0 Å². The van der Waals surface area contributed by atoms with Gasteiger partial charge in [-0.1, -0.05) is 23.2 Å². The number of carboxylic acid groups (broad SMARTS) is 1. The minimum Gasteiger partial charge on any atom is -0.486 e. The second kappa shape index (κ2) is 9.83. The molecule has 2 rings (SSSR count). The van der Waals surface area contributed by atoms with Crippen molar-refractivity contribution in [2.75, 3.05) is 11.9 Å². The Morgan fingerprint density at radius 3 is 2.42 bits per heavy atom. The minimum atomic E-state index is -0.829. The van der Waals surface area contributed by atoms with Gasteiger partial charge in [-0.3, -0.25) is 4.79 Å². The fraction of sp³-hybridized carbons (Fsp3) is 0.278. The summed E-state index contributed by atoms with van der Waals surface area (Å²) in [6.07, 6.45) is 0.517. The maximum absolute atomic E-state index is 10.7. The quantitative estimate of drug-likeness (QED) is 0.410. The first-order valence-electron chi connectivity index (χ1n) is 7.86. The van der Waals surface area contributed by atoms with Crippen molar-refractivity contribution >= 4 is 66.7 Å². The second-order valence-corrected chi connectivity index (χ2v) is 8.05. The predicted octanol–water partition coefficient (Wildman–Crippen LogP) is 6.55. The van der Waals surface area contributed by atoms with E-state index in [2.05, 4.69) is 37.2 Å². The van der Waals surface area contributed by atoms with E-state index in [-0.39, 0.29) is 13.0 Å². The van der Waals surface area contributed by atoms with Crippen LogP contribution in [0.2, 0.25) is 10.0 Å². The molecule has 140 valence electrons. The summed E-state index contributed by atoms with van der Waals surface area (Å²) in [7, 11) is 0. The molecule has 0 atom stereocenters. The summed E-state index contributed by atoms with van der Waals surface area (Å²) in [4.78, 5) is 10.7. The highest BCUT2D eigenvalue weighted by Crippen LogP contribution is 2.37. The van der Waals surface area contributed by atoms with Crippen LogP contribution in [0.1, 0.15) is 24.5 Å². The molecule has 4 nitrogen and oxygen atoms in total. The van der Waals surface area contributed by atoms with E-state index in [1.807, 2.05) is 19.1 Å². The topological polar surface area (TPSA) is 58.6 Å². The van der Waals surface area contributed by atoms with E-state index in [0.29, 0.717) is 22.2 Å². The Hall–Kier alpha value is -0.950. The molecule has 0 radical (unpaired) electrons. The van der Waals surface area contributed by atoms with Crippen molar-refractivity contribution < 1.29 is 14.6 Å². The zero-order chi connectivity index (χ0) is 19.3. The molecular weight excluding hydrogens is 509 g/mol. The molecule has 0 amide bonds. The molecular formula is C18H17Br2Cl2NO3. The zero-order valence-electron chi connectivity index (χ0n) is 13.9. The number of hydrogen-bond acceptors (Lipinski definition) is 3. The van der Waals surface area contributed by atoms with Crippen LogP contribution in [-0.2, 0) is 17.8 Å². The average Bonchev–Trinajstić information content (AvgIpc) is 2.56. The van der Waals surface area contributed by atoms with Crippen molar-refractivity contribution in [3.05, 3.63) is 54.4 Å². The van der Waals surface area contributed by atoms with Crippen LogP contribution in [0.25, 0.3) is 0 Å². The van der Waals surface area contributed by atoms with Crippen molar-refractivity contribution in [2.24, 2.45) is 0 Å². The number of hydrogen-bond donors (Lipinski definition) is 2. The lowest BCUT2D eigenvalue weighted by Gasteiger charge is -2.15. The monoisotopic (exact) mass is 523 g/mol. The summed E-state index contributed by atoms with van der Waals surface area (Å²) in [5.74, 6) is -0.213. The first kappa shape index (κ1) is 21.4.